The van der Waals surface area contributed by atoms with E-state index >= 15 is 0 Å². The summed E-state index contributed by atoms with van der Waals surface area (Å²) in [6, 6.07) is 7.25. The minimum Gasteiger partial charge on any atom is -0.459 e. The van der Waals surface area contributed by atoms with Crippen LogP contribution in [0.2, 0.25) is 0 Å². The summed E-state index contributed by atoms with van der Waals surface area (Å²) in [6.45, 7) is 5.79. The molecule has 0 bridgehead atoms. The summed E-state index contributed by atoms with van der Waals surface area (Å²) in [5.74, 6) is 0.146. The summed E-state index contributed by atoms with van der Waals surface area (Å²) in [4.78, 5) is 33.4. The summed E-state index contributed by atoms with van der Waals surface area (Å²) < 4.78 is 7.03. The van der Waals surface area contributed by atoms with E-state index in [0.717, 1.165) is 16.9 Å². The first kappa shape index (κ1) is 16.4. The van der Waals surface area contributed by atoms with Gasteiger partial charge in [-0.25, -0.2) is 4.98 Å². The summed E-state index contributed by atoms with van der Waals surface area (Å²) >= 11 is 0. The van der Waals surface area contributed by atoms with Crippen molar-refractivity contribution in [2.24, 2.45) is 0 Å². The average Bonchev–Trinajstić information content (AvgIpc) is 3.29. The van der Waals surface area contributed by atoms with Gasteiger partial charge in [-0.2, -0.15) is 0 Å². The summed E-state index contributed by atoms with van der Waals surface area (Å²) in [7, 11) is 0. The third-order valence-electron chi connectivity index (χ3n) is 4.81. The number of nitrogens with zero attached hydrogens (tertiary/aromatic N) is 4. The number of rotatable bonds is 2. The lowest BCUT2D eigenvalue weighted by atomic mass is 10.2. The van der Waals surface area contributed by atoms with Gasteiger partial charge in [0, 0.05) is 32.4 Å². The smallest absolute Gasteiger partial charge is 0.289 e. The van der Waals surface area contributed by atoms with Gasteiger partial charge in [0.05, 0.1) is 12.0 Å². The Morgan fingerprint density at radius 3 is 2.35 bits per heavy atom. The predicted octanol–water partition coefficient (Wildman–Crippen LogP) is 2.14. The number of carbonyl (C=O) groups is 2. The highest BCUT2D eigenvalue weighted by molar-refractivity contribution is 5.95. The molecule has 1 aliphatic rings. The van der Waals surface area contributed by atoms with Crippen molar-refractivity contribution in [1.29, 1.82) is 0 Å². The largest absolute Gasteiger partial charge is 0.459 e. The number of pyridine rings is 1. The van der Waals surface area contributed by atoms with Gasteiger partial charge in [0.15, 0.2) is 5.76 Å². The zero-order chi connectivity index (χ0) is 18.3. The third-order valence-corrected chi connectivity index (χ3v) is 4.81. The Labute approximate surface area is 150 Å². The van der Waals surface area contributed by atoms with Gasteiger partial charge in [-0.05, 0) is 37.6 Å². The molecule has 3 aromatic rings. The van der Waals surface area contributed by atoms with Gasteiger partial charge >= 0.3 is 0 Å². The molecule has 4 heterocycles. The molecule has 1 aliphatic heterocycles. The van der Waals surface area contributed by atoms with Crippen molar-refractivity contribution in [3.05, 3.63) is 59.4 Å². The highest BCUT2D eigenvalue weighted by atomic mass is 16.3. The van der Waals surface area contributed by atoms with Crippen molar-refractivity contribution in [2.45, 2.75) is 13.8 Å². The second-order valence-electron chi connectivity index (χ2n) is 6.49. The number of piperazine rings is 1. The summed E-state index contributed by atoms with van der Waals surface area (Å²) in [5.41, 5.74) is 3.15. The fourth-order valence-corrected chi connectivity index (χ4v) is 3.39. The molecule has 3 aromatic heterocycles. The Bertz CT molecular complexity index is 966. The van der Waals surface area contributed by atoms with Crippen LogP contribution in [-0.2, 0) is 0 Å². The van der Waals surface area contributed by atoms with Crippen LogP contribution in [0.3, 0.4) is 0 Å². The number of hydrogen-bond acceptors (Lipinski definition) is 4. The molecule has 0 aromatic carbocycles. The first-order chi connectivity index (χ1) is 12.6. The summed E-state index contributed by atoms with van der Waals surface area (Å²) in [6.07, 6.45) is 3.36. The first-order valence-corrected chi connectivity index (χ1v) is 8.62. The molecule has 0 spiro atoms. The van der Waals surface area contributed by atoms with Gasteiger partial charge in [-0.3, -0.25) is 14.0 Å². The molecule has 2 amide bonds. The lowest BCUT2D eigenvalue weighted by Crippen LogP contribution is -2.50. The van der Waals surface area contributed by atoms with E-state index in [1.54, 1.807) is 21.9 Å². The maximum atomic E-state index is 13.1. The maximum absolute atomic E-state index is 13.1. The quantitative estimate of drug-likeness (QED) is 0.708. The standard InChI is InChI=1S/C19H20N4O3/c1-13-5-3-7-23-16(14(2)20-17(13)23)19(25)22-10-8-21(9-11-22)18(24)15-6-4-12-26-15/h3-7,12H,8-11H2,1-2H3. The van der Waals surface area contributed by atoms with Crippen LogP contribution in [0.1, 0.15) is 32.3 Å². The van der Waals surface area contributed by atoms with Crippen LogP contribution < -0.4 is 0 Å². The minimum atomic E-state index is -0.135. The number of fused-ring (bicyclic) bond motifs is 1. The second kappa shape index (κ2) is 6.33. The number of imidazole rings is 1. The minimum absolute atomic E-state index is 0.0503. The molecule has 7 heteroatoms. The van der Waals surface area contributed by atoms with Crippen LogP contribution in [-0.4, -0.2) is 57.2 Å². The molecule has 7 nitrogen and oxygen atoms in total. The molecule has 1 saturated heterocycles. The number of amides is 2. The topological polar surface area (TPSA) is 71.1 Å². The molecule has 26 heavy (non-hydrogen) atoms. The van der Waals surface area contributed by atoms with Gasteiger partial charge in [0.2, 0.25) is 0 Å². The highest BCUT2D eigenvalue weighted by Crippen LogP contribution is 2.18. The van der Waals surface area contributed by atoms with Crippen LogP contribution in [0.25, 0.3) is 5.65 Å². The number of carbonyl (C=O) groups excluding carboxylic acids is 2. The van der Waals surface area contributed by atoms with Crippen LogP contribution in [0, 0.1) is 13.8 Å². The SMILES string of the molecule is Cc1nc2c(C)cccn2c1C(=O)N1CCN(C(=O)c2ccco2)CC1. The Morgan fingerprint density at radius 1 is 1.00 bits per heavy atom. The molecule has 1 fully saturated rings. The average molecular weight is 352 g/mol. The van der Waals surface area contributed by atoms with E-state index in [0.29, 0.717) is 37.6 Å². The molecule has 0 saturated carbocycles. The number of aromatic nitrogens is 2. The molecular weight excluding hydrogens is 332 g/mol. The van der Waals surface area contributed by atoms with Crippen LogP contribution in [0.15, 0.2) is 41.1 Å². The normalized spacial score (nSPS) is 14.8. The number of aryl methyl sites for hydroxylation is 2. The van der Waals surface area contributed by atoms with E-state index < -0.39 is 0 Å². The molecular formula is C19H20N4O3. The van der Waals surface area contributed by atoms with Gasteiger partial charge < -0.3 is 14.2 Å². The Balaban J connectivity index is 1.52. The van der Waals surface area contributed by atoms with E-state index in [9.17, 15) is 9.59 Å². The zero-order valence-electron chi connectivity index (χ0n) is 14.8. The molecule has 0 unspecified atom stereocenters. The fourth-order valence-electron chi connectivity index (χ4n) is 3.39. The van der Waals surface area contributed by atoms with Crippen molar-refractivity contribution in [3.8, 4) is 0 Å². The second-order valence-corrected chi connectivity index (χ2v) is 6.49. The van der Waals surface area contributed by atoms with Crippen molar-refractivity contribution < 1.29 is 14.0 Å². The van der Waals surface area contributed by atoms with Crippen molar-refractivity contribution in [2.75, 3.05) is 26.2 Å². The Hall–Kier alpha value is -3.09. The Kier molecular flexibility index (Phi) is 3.99. The zero-order valence-corrected chi connectivity index (χ0v) is 14.8. The van der Waals surface area contributed by atoms with Crippen LogP contribution in [0.5, 0.6) is 0 Å². The van der Waals surface area contributed by atoms with E-state index in [1.165, 1.54) is 6.26 Å². The molecule has 0 radical (unpaired) electrons. The van der Waals surface area contributed by atoms with Crippen LogP contribution in [0.4, 0.5) is 0 Å². The third kappa shape index (κ3) is 2.65. The molecule has 4 rings (SSSR count). The lowest BCUT2D eigenvalue weighted by molar-refractivity contribution is 0.0514. The molecule has 0 atom stereocenters. The summed E-state index contributed by atoms with van der Waals surface area (Å²) in [5, 5.41) is 0. The lowest BCUT2D eigenvalue weighted by Gasteiger charge is -2.34. The van der Waals surface area contributed by atoms with Gasteiger partial charge in [-0.15, -0.1) is 0 Å². The van der Waals surface area contributed by atoms with E-state index in [1.807, 2.05) is 36.6 Å². The van der Waals surface area contributed by atoms with Crippen molar-refractivity contribution in [1.82, 2.24) is 19.2 Å². The van der Waals surface area contributed by atoms with Gasteiger partial charge in [0.25, 0.3) is 11.8 Å². The van der Waals surface area contributed by atoms with Crippen LogP contribution >= 0.6 is 0 Å². The number of hydrogen-bond donors (Lipinski definition) is 0. The first-order valence-electron chi connectivity index (χ1n) is 8.62. The van der Waals surface area contributed by atoms with Gasteiger partial charge in [0.1, 0.15) is 11.3 Å². The number of furan rings is 1. The highest BCUT2D eigenvalue weighted by Gasteiger charge is 2.29. The van der Waals surface area contributed by atoms with E-state index in [4.69, 9.17) is 4.42 Å². The van der Waals surface area contributed by atoms with E-state index in [-0.39, 0.29) is 11.8 Å². The molecule has 134 valence electrons. The Morgan fingerprint density at radius 2 is 1.69 bits per heavy atom. The van der Waals surface area contributed by atoms with E-state index in [2.05, 4.69) is 4.98 Å². The molecule has 0 N–H and O–H groups in total. The fraction of sp³-hybridized carbons (Fsp3) is 0.316. The maximum Gasteiger partial charge on any atom is 0.289 e. The van der Waals surface area contributed by atoms with Crippen molar-refractivity contribution >= 4 is 17.5 Å². The monoisotopic (exact) mass is 352 g/mol. The van der Waals surface area contributed by atoms with Gasteiger partial charge in [-0.1, -0.05) is 6.07 Å². The van der Waals surface area contributed by atoms with Crippen molar-refractivity contribution in [3.63, 3.8) is 0 Å². The molecule has 0 aliphatic carbocycles. The predicted molar refractivity (Wildman–Crippen MR) is 95.2 cm³/mol.